The number of para-hydroxylation sites is 1. The molecule has 1 fully saturated rings. The minimum atomic E-state index is -3.22. The average molecular weight is 296 g/mol. The Morgan fingerprint density at radius 3 is 2.60 bits per heavy atom. The van der Waals surface area contributed by atoms with Crippen LogP contribution in [0.2, 0.25) is 0 Å². The third-order valence-corrected chi connectivity index (χ3v) is 5.55. The van der Waals surface area contributed by atoms with Gasteiger partial charge in [-0.05, 0) is 50.8 Å². The lowest BCUT2D eigenvalue weighted by Crippen LogP contribution is -2.30. The van der Waals surface area contributed by atoms with Crippen LogP contribution in [0, 0.1) is 6.92 Å². The minimum Gasteiger partial charge on any atom is -0.314 e. The maximum Gasteiger partial charge on any atom is 0.234 e. The second-order valence-corrected chi connectivity index (χ2v) is 7.63. The Labute approximate surface area is 122 Å². The smallest absolute Gasteiger partial charge is 0.234 e. The van der Waals surface area contributed by atoms with Gasteiger partial charge in [0.15, 0.2) is 0 Å². The van der Waals surface area contributed by atoms with E-state index < -0.39 is 10.0 Å². The molecular weight excluding hydrogens is 272 g/mol. The predicted molar refractivity (Wildman–Crippen MR) is 83.6 cm³/mol. The molecule has 0 aliphatic heterocycles. The zero-order valence-electron chi connectivity index (χ0n) is 12.3. The summed E-state index contributed by atoms with van der Waals surface area (Å²) in [5.74, 6) is 0.212. The van der Waals surface area contributed by atoms with E-state index in [-0.39, 0.29) is 5.75 Å². The molecule has 0 heterocycles. The van der Waals surface area contributed by atoms with E-state index in [0.29, 0.717) is 12.5 Å². The van der Waals surface area contributed by atoms with Crippen LogP contribution in [0.1, 0.15) is 31.2 Å². The summed E-state index contributed by atoms with van der Waals surface area (Å²) in [5.41, 5.74) is 1.75. The van der Waals surface area contributed by atoms with Crippen molar-refractivity contribution in [3.05, 3.63) is 29.8 Å². The molecule has 1 aliphatic rings. The number of anilines is 1. The van der Waals surface area contributed by atoms with Crippen LogP contribution in [0.15, 0.2) is 24.3 Å². The average Bonchev–Trinajstić information content (AvgIpc) is 3.22. The van der Waals surface area contributed by atoms with Crippen molar-refractivity contribution in [1.29, 1.82) is 0 Å². The van der Waals surface area contributed by atoms with Gasteiger partial charge in [0.2, 0.25) is 10.0 Å². The van der Waals surface area contributed by atoms with Crippen molar-refractivity contribution in [3.8, 4) is 0 Å². The molecule has 112 valence electrons. The van der Waals surface area contributed by atoms with Crippen LogP contribution in [-0.4, -0.2) is 33.8 Å². The number of nitrogens with one attached hydrogen (secondary N) is 1. The predicted octanol–water partition coefficient (Wildman–Crippen LogP) is 2.29. The molecule has 0 saturated heterocycles. The second kappa shape index (κ2) is 6.59. The molecule has 0 atom stereocenters. The summed E-state index contributed by atoms with van der Waals surface area (Å²) in [4.78, 5) is 0. The Morgan fingerprint density at radius 2 is 1.95 bits per heavy atom. The van der Waals surface area contributed by atoms with Crippen LogP contribution < -0.4 is 9.62 Å². The molecule has 1 aromatic rings. The van der Waals surface area contributed by atoms with Crippen LogP contribution in [0.4, 0.5) is 5.69 Å². The van der Waals surface area contributed by atoms with Crippen molar-refractivity contribution in [1.82, 2.24) is 5.32 Å². The zero-order chi connectivity index (χ0) is 14.6. The number of aryl methyl sites for hydroxylation is 1. The first-order chi connectivity index (χ1) is 9.50. The van der Waals surface area contributed by atoms with Gasteiger partial charge in [-0.1, -0.05) is 18.2 Å². The van der Waals surface area contributed by atoms with Crippen molar-refractivity contribution in [2.24, 2.45) is 0 Å². The lowest BCUT2D eigenvalue weighted by atomic mass is 10.2. The Bertz CT molecular complexity index is 539. The summed E-state index contributed by atoms with van der Waals surface area (Å²) in [6.45, 7) is 2.86. The normalized spacial score (nSPS) is 15.3. The molecule has 0 radical (unpaired) electrons. The monoisotopic (exact) mass is 296 g/mol. The van der Waals surface area contributed by atoms with Crippen molar-refractivity contribution in [3.63, 3.8) is 0 Å². The molecule has 0 spiro atoms. The highest BCUT2D eigenvalue weighted by molar-refractivity contribution is 7.92. The van der Waals surface area contributed by atoms with Gasteiger partial charge in [-0.2, -0.15) is 0 Å². The number of hydrogen-bond donors (Lipinski definition) is 1. The Hall–Kier alpha value is -1.07. The number of nitrogens with zero attached hydrogens (tertiary/aromatic N) is 1. The van der Waals surface area contributed by atoms with Gasteiger partial charge in [0.1, 0.15) is 0 Å². The SMILES string of the molecule is Cc1ccccc1N(C)S(=O)(=O)CCCCNC1CC1. The second-order valence-electron chi connectivity index (χ2n) is 5.51. The van der Waals surface area contributed by atoms with E-state index in [0.717, 1.165) is 24.2 Å². The molecule has 0 unspecified atom stereocenters. The largest absolute Gasteiger partial charge is 0.314 e. The molecule has 0 aromatic heterocycles. The standard InChI is InChI=1S/C15H24N2O2S/c1-13-7-3-4-8-15(13)17(2)20(18,19)12-6-5-11-16-14-9-10-14/h3-4,7-8,14,16H,5-6,9-12H2,1-2H3. The molecular formula is C15H24N2O2S. The third kappa shape index (κ3) is 4.21. The third-order valence-electron chi connectivity index (χ3n) is 3.71. The van der Waals surface area contributed by atoms with Crippen LogP contribution in [0.3, 0.4) is 0 Å². The summed E-state index contributed by atoms with van der Waals surface area (Å²) in [6, 6.07) is 8.26. The van der Waals surface area contributed by atoms with E-state index in [4.69, 9.17) is 0 Å². The topological polar surface area (TPSA) is 49.4 Å². The maximum absolute atomic E-state index is 12.3. The van der Waals surface area contributed by atoms with Gasteiger partial charge in [0, 0.05) is 13.1 Å². The van der Waals surface area contributed by atoms with Crippen LogP contribution >= 0.6 is 0 Å². The van der Waals surface area contributed by atoms with E-state index in [1.54, 1.807) is 7.05 Å². The minimum absolute atomic E-state index is 0.212. The van der Waals surface area contributed by atoms with Gasteiger partial charge >= 0.3 is 0 Å². The molecule has 1 N–H and O–H groups in total. The van der Waals surface area contributed by atoms with E-state index in [2.05, 4.69) is 5.32 Å². The first-order valence-electron chi connectivity index (χ1n) is 7.26. The number of benzene rings is 1. The van der Waals surface area contributed by atoms with Gasteiger partial charge in [0.05, 0.1) is 11.4 Å². The van der Waals surface area contributed by atoms with Crippen LogP contribution in [0.25, 0.3) is 0 Å². The summed E-state index contributed by atoms with van der Waals surface area (Å²) in [6.07, 6.45) is 4.16. The Morgan fingerprint density at radius 1 is 1.25 bits per heavy atom. The van der Waals surface area contributed by atoms with Gasteiger partial charge in [-0.15, -0.1) is 0 Å². The maximum atomic E-state index is 12.3. The van der Waals surface area contributed by atoms with E-state index in [1.165, 1.54) is 17.1 Å². The van der Waals surface area contributed by atoms with Crippen LogP contribution in [-0.2, 0) is 10.0 Å². The van der Waals surface area contributed by atoms with Gasteiger partial charge in [-0.3, -0.25) is 4.31 Å². The van der Waals surface area contributed by atoms with Crippen molar-refractivity contribution >= 4 is 15.7 Å². The fraction of sp³-hybridized carbons (Fsp3) is 0.600. The van der Waals surface area contributed by atoms with Crippen molar-refractivity contribution in [2.45, 2.75) is 38.6 Å². The molecule has 0 amide bonds. The fourth-order valence-electron chi connectivity index (χ4n) is 2.21. The Kier molecular flexibility index (Phi) is 5.05. The van der Waals surface area contributed by atoms with E-state index in [1.807, 2.05) is 31.2 Å². The fourth-order valence-corrected chi connectivity index (χ4v) is 3.55. The zero-order valence-corrected chi connectivity index (χ0v) is 13.1. The molecule has 4 nitrogen and oxygen atoms in total. The summed E-state index contributed by atoms with van der Waals surface area (Å²) in [7, 11) is -1.58. The molecule has 0 bridgehead atoms. The van der Waals surface area contributed by atoms with Gasteiger partial charge < -0.3 is 5.32 Å². The molecule has 2 rings (SSSR count). The molecule has 1 saturated carbocycles. The first-order valence-corrected chi connectivity index (χ1v) is 8.87. The van der Waals surface area contributed by atoms with Crippen LogP contribution in [0.5, 0.6) is 0 Å². The highest BCUT2D eigenvalue weighted by Crippen LogP contribution is 2.21. The lowest BCUT2D eigenvalue weighted by Gasteiger charge is -2.21. The molecule has 20 heavy (non-hydrogen) atoms. The van der Waals surface area contributed by atoms with E-state index in [9.17, 15) is 8.42 Å². The number of rotatable bonds is 8. The Balaban J connectivity index is 1.83. The number of sulfonamides is 1. The first kappa shape index (κ1) is 15.3. The van der Waals surface area contributed by atoms with Crippen molar-refractivity contribution < 1.29 is 8.42 Å². The molecule has 1 aromatic carbocycles. The molecule has 5 heteroatoms. The quantitative estimate of drug-likeness (QED) is 0.749. The lowest BCUT2D eigenvalue weighted by molar-refractivity contribution is 0.584. The summed E-state index contributed by atoms with van der Waals surface area (Å²) >= 11 is 0. The number of hydrogen-bond acceptors (Lipinski definition) is 3. The van der Waals surface area contributed by atoms with Gasteiger partial charge in [0.25, 0.3) is 0 Å². The highest BCUT2D eigenvalue weighted by atomic mass is 32.2. The highest BCUT2D eigenvalue weighted by Gasteiger charge is 2.21. The van der Waals surface area contributed by atoms with Gasteiger partial charge in [-0.25, -0.2) is 8.42 Å². The van der Waals surface area contributed by atoms with E-state index >= 15 is 0 Å². The number of unbranched alkanes of at least 4 members (excludes halogenated alkanes) is 1. The summed E-state index contributed by atoms with van der Waals surface area (Å²) in [5, 5.41) is 3.40. The summed E-state index contributed by atoms with van der Waals surface area (Å²) < 4.78 is 26.0. The van der Waals surface area contributed by atoms with Crippen molar-refractivity contribution in [2.75, 3.05) is 23.7 Å². The molecule has 1 aliphatic carbocycles.